The molecule has 0 bridgehead atoms. The predicted molar refractivity (Wildman–Crippen MR) is 76.2 cm³/mol. The van der Waals surface area contributed by atoms with Crippen LogP contribution in [0, 0.1) is 39.4 Å². The van der Waals surface area contributed by atoms with Gasteiger partial charge in [0.05, 0.1) is 19.8 Å². The second kappa shape index (κ2) is 6.92. The van der Waals surface area contributed by atoms with Crippen molar-refractivity contribution in [3.05, 3.63) is 23.3 Å². The van der Waals surface area contributed by atoms with Crippen molar-refractivity contribution in [3.63, 3.8) is 0 Å². The molecule has 0 aliphatic carbocycles. The minimum Gasteiger partial charge on any atom is -0.496 e. The molecule has 0 saturated carbocycles. The molecule has 7 nitrogen and oxygen atoms in total. The summed E-state index contributed by atoms with van der Waals surface area (Å²) in [5.41, 5.74) is -1.54. The Hall–Kier alpha value is -3.30. The van der Waals surface area contributed by atoms with Crippen LogP contribution in [0.2, 0.25) is 0 Å². The van der Waals surface area contributed by atoms with E-state index in [1.54, 1.807) is 12.1 Å². The molecular weight excluding hydrogens is 284 g/mol. The van der Waals surface area contributed by atoms with E-state index in [1.807, 2.05) is 11.9 Å². The van der Waals surface area contributed by atoms with Crippen LogP contribution < -0.4 is 9.47 Å². The number of hydrogen-bond donors (Lipinski definition) is 1. The summed E-state index contributed by atoms with van der Waals surface area (Å²) in [6.07, 6.45) is 0. The molecule has 7 heteroatoms. The predicted octanol–water partition coefficient (Wildman–Crippen LogP) is 1.75. The number of hydrogen-bond acceptors (Lipinski definition) is 7. The Kier molecular flexibility index (Phi) is 5.27. The fourth-order valence-electron chi connectivity index (χ4n) is 1.87. The van der Waals surface area contributed by atoms with E-state index in [4.69, 9.17) is 24.9 Å². The topological polar surface area (TPSA) is 123 Å². The van der Waals surface area contributed by atoms with Gasteiger partial charge in [0.2, 0.25) is 0 Å². The van der Waals surface area contributed by atoms with Gasteiger partial charge >= 0.3 is 0 Å². The molecule has 1 aromatic rings. The van der Waals surface area contributed by atoms with Gasteiger partial charge in [0.25, 0.3) is 5.60 Å². The minimum atomic E-state index is -1.88. The highest BCUT2D eigenvalue weighted by Crippen LogP contribution is 2.39. The first-order valence-electron chi connectivity index (χ1n) is 5.91. The smallest absolute Gasteiger partial charge is 0.270 e. The molecule has 1 N–H and O–H groups in total. The van der Waals surface area contributed by atoms with Crippen molar-refractivity contribution in [1.29, 1.82) is 21.2 Å². The van der Waals surface area contributed by atoms with E-state index < -0.39 is 5.60 Å². The third-order valence-electron chi connectivity index (χ3n) is 3.03. The quantitative estimate of drug-likeness (QED) is 0.652. The van der Waals surface area contributed by atoms with E-state index in [-0.39, 0.29) is 28.2 Å². The van der Waals surface area contributed by atoms with E-state index in [1.165, 1.54) is 33.5 Å². The van der Waals surface area contributed by atoms with Gasteiger partial charge in [0.1, 0.15) is 35.3 Å². The van der Waals surface area contributed by atoms with Gasteiger partial charge in [-0.25, -0.2) is 0 Å². The first-order valence-corrected chi connectivity index (χ1v) is 5.91. The number of benzene rings is 1. The van der Waals surface area contributed by atoms with Crippen molar-refractivity contribution in [3.8, 4) is 29.7 Å². The van der Waals surface area contributed by atoms with E-state index in [0.29, 0.717) is 0 Å². The highest BCUT2D eigenvalue weighted by molar-refractivity contribution is 5.98. The molecule has 0 amide bonds. The molecule has 0 aliphatic heterocycles. The number of nitrogens with one attached hydrogen (secondary N) is 1. The first kappa shape index (κ1) is 16.8. The highest BCUT2D eigenvalue weighted by Gasteiger charge is 2.37. The first-order chi connectivity index (χ1) is 10.6. The van der Waals surface area contributed by atoms with Crippen molar-refractivity contribution in [2.24, 2.45) is 0 Å². The van der Waals surface area contributed by atoms with Crippen molar-refractivity contribution in [2.75, 3.05) is 21.3 Å². The Morgan fingerprint density at radius 3 is 2.00 bits per heavy atom. The summed E-state index contributed by atoms with van der Waals surface area (Å²) in [6, 6.07) is 8.17. The monoisotopic (exact) mass is 296 g/mol. The fraction of sp³-hybridized carbons (Fsp3) is 0.267. The molecule has 1 rings (SSSR count). The van der Waals surface area contributed by atoms with Crippen LogP contribution in [0.4, 0.5) is 0 Å². The van der Waals surface area contributed by atoms with Gasteiger partial charge in [-0.3, -0.25) is 5.41 Å². The number of nitrogens with zero attached hydrogens (tertiary/aromatic N) is 3. The Morgan fingerprint density at radius 1 is 1.05 bits per heavy atom. The number of ether oxygens (including phenoxy) is 3. The fourth-order valence-corrected chi connectivity index (χ4v) is 1.87. The van der Waals surface area contributed by atoms with Gasteiger partial charge in [0.15, 0.2) is 0 Å². The molecule has 0 radical (unpaired) electrons. The lowest BCUT2D eigenvalue weighted by molar-refractivity contribution is 0.0833. The lowest BCUT2D eigenvalue weighted by Gasteiger charge is -2.21. The normalized spacial score (nSPS) is 9.64. The molecule has 0 unspecified atom stereocenters. The second-order valence-electron chi connectivity index (χ2n) is 3.97. The molecule has 0 heterocycles. The van der Waals surface area contributed by atoms with Gasteiger partial charge < -0.3 is 14.2 Å². The van der Waals surface area contributed by atoms with E-state index in [0.717, 1.165) is 0 Å². The Morgan fingerprint density at radius 2 is 1.64 bits per heavy atom. The molecule has 0 aromatic heterocycles. The molecule has 0 saturated heterocycles. The van der Waals surface area contributed by atoms with Crippen molar-refractivity contribution < 1.29 is 14.2 Å². The summed E-state index contributed by atoms with van der Waals surface area (Å²) in [5.74, 6) is 2.35. The van der Waals surface area contributed by atoms with E-state index in [9.17, 15) is 10.5 Å². The Balaban J connectivity index is 3.80. The number of allylic oxidation sites excluding steroid dienone is 1. The zero-order valence-corrected chi connectivity index (χ0v) is 12.2. The van der Waals surface area contributed by atoms with Gasteiger partial charge in [-0.2, -0.15) is 15.8 Å². The van der Waals surface area contributed by atoms with Crippen LogP contribution in [0.5, 0.6) is 11.5 Å². The average Bonchev–Trinajstić information content (AvgIpc) is 2.58. The Bertz CT molecular complexity index is 745. The summed E-state index contributed by atoms with van der Waals surface area (Å²) in [5, 5.41) is 34.8. The highest BCUT2D eigenvalue weighted by atomic mass is 16.5. The molecule has 0 fully saturated rings. The molecule has 0 spiro atoms. The summed E-state index contributed by atoms with van der Waals surface area (Å²) >= 11 is 0. The SMILES string of the molecule is COc1cc(C(C#N)(C#N)OC)c(OC)cc1C(=C=N)C#N. The van der Waals surface area contributed by atoms with Crippen LogP contribution >= 0.6 is 0 Å². The van der Waals surface area contributed by atoms with Crippen molar-refractivity contribution in [1.82, 2.24) is 0 Å². The summed E-state index contributed by atoms with van der Waals surface area (Å²) in [4.78, 5) is 0. The molecule has 1 aromatic carbocycles. The van der Waals surface area contributed by atoms with E-state index >= 15 is 0 Å². The maximum Gasteiger partial charge on any atom is 0.270 e. The van der Waals surface area contributed by atoms with Gasteiger partial charge in [-0.15, -0.1) is 0 Å². The summed E-state index contributed by atoms with van der Waals surface area (Å²) in [6.45, 7) is 0. The molecule has 22 heavy (non-hydrogen) atoms. The Labute approximate surface area is 127 Å². The maximum atomic E-state index is 9.29. The summed E-state index contributed by atoms with van der Waals surface area (Å²) < 4.78 is 15.4. The van der Waals surface area contributed by atoms with Crippen LogP contribution in [0.25, 0.3) is 5.57 Å². The second-order valence-corrected chi connectivity index (χ2v) is 3.97. The maximum absolute atomic E-state index is 9.29. The summed E-state index contributed by atoms with van der Waals surface area (Å²) in [7, 11) is 3.94. The van der Waals surface area contributed by atoms with Crippen molar-refractivity contribution in [2.45, 2.75) is 5.60 Å². The lowest BCUT2D eigenvalue weighted by atomic mass is 9.92. The average molecular weight is 296 g/mol. The number of nitriles is 3. The largest absolute Gasteiger partial charge is 0.496 e. The third kappa shape index (κ3) is 2.61. The molecule has 0 aliphatic rings. The third-order valence-corrected chi connectivity index (χ3v) is 3.03. The van der Waals surface area contributed by atoms with Crippen LogP contribution in [0.1, 0.15) is 11.1 Å². The van der Waals surface area contributed by atoms with Crippen LogP contribution in [-0.4, -0.2) is 27.2 Å². The minimum absolute atomic E-state index is 0.0707. The van der Waals surface area contributed by atoms with Gasteiger partial charge in [-0.1, -0.05) is 0 Å². The zero-order valence-electron chi connectivity index (χ0n) is 12.2. The molecular formula is C15H12N4O3. The van der Waals surface area contributed by atoms with E-state index in [2.05, 4.69) is 0 Å². The molecule has 0 atom stereocenters. The van der Waals surface area contributed by atoms with Crippen molar-refractivity contribution >= 4 is 11.4 Å². The molecule has 110 valence electrons. The zero-order chi connectivity index (χ0) is 16.8. The lowest BCUT2D eigenvalue weighted by Crippen LogP contribution is -2.25. The van der Waals surface area contributed by atoms with Crippen LogP contribution in [-0.2, 0) is 10.3 Å². The number of rotatable bonds is 5. The van der Waals surface area contributed by atoms with Crippen LogP contribution in [0.3, 0.4) is 0 Å². The number of methoxy groups -OCH3 is 3. The van der Waals surface area contributed by atoms with Crippen LogP contribution in [0.15, 0.2) is 12.1 Å². The standard InChI is InChI=1S/C15H12N4O3/c1-20-13-5-12(15(8-18,9-19)22-3)14(21-2)4-11(13)10(6-16)7-17/h4-5,16H,1-3H3. The van der Waals surface area contributed by atoms with Gasteiger partial charge in [-0.05, 0) is 18.0 Å². The van der Waals surface area contributed by atoms with Gasteiger partial charge in [0, 0.05) is 12.7 Å².